The van der Waals surface area contributed by atoms with Gasteiger partial charge in [0, 0.05) is 18.1 Å². The van der Waals surface area contributed by atoms with Gasteiger partial charge in [-0.25, -0.2) is 0 Å². The minimum Gasteiger partial charge on any atom is -0.378 e. The van der Waals surface area contributed by atoms with Crippen molar-refractivity contribution in [3.8, 4) is 11.8 Å². The zero-order valence-corrected chi connectivity index (χ0v) is 14.7. The Morgan fingerprint density at radius 1 is 1.22 bits per heavy atom. The molecule has 0 amide bonds. The molecule has 1 aliphatic rings. The molecule has 0 aromatic heterocycles. The summed E-state index contributed by atoms with van der Waals surface area (Å²) in [5, 5.41) is 0. The highest BCUT2D eigenvalue weighted by atomic mass is 16.5. The number of hydrogen-bond acceptors (Lipinski definition) is 1. The zero-order valence-electron chi connectivity index (χ0n) is 14.7. The van der Waals surface area contributed by atoms with Crippen LogP contribution in [0.15, 0.2) is 36.9 Å². The fraction of sp³-hybridized carbons (Fsp3) is 0.545. The second-order valence-electron chi connectivity index (χ2n) is 6.66. The van der Waals surface area contributed by atoms with Crippen molar-refractivity contribution in [2.24, 2.45) is 5.92 Å². The average Bonchev–Trinajstić information content (AvgIpc) is 2.59. The molecule has 0 radical (unpaired) electrons. The summed E-state index contributed by atoms with van der Waals surface area (Å²) in [7, 11) is 0. The molecule has 1 fully saturated rings. The van der Waals surface area contributed by atoms with Gasteiger partial charge in [0.15, 0.2) is 0 Å². The smallest absolute Gasteiger partial charge is 0.0575 e. The Balaban J connectivity index is 1.87. The summed E-state index contributed by atoms with van der Waals surface area (Å²) in [4.78, 5) is 0. The summed E-state index contributed by atoms with van der Waals surface area (Å²) >= 11 is 0. The number of rotatable bonds is 6. The van der Waals surface area contributed by atoms with Gasteiger partial charge in [-0.15, -0.1) is 6.58 Å². The van der Waals surface area contributed by atoms with Gasteiger partial charge >= 0.3 is 0 Å². The molecule has 1 aromatic rings. The van der Waals surface area contributed by atoms with E-state index in [1.807, 2.05) is 6.08 Å². The molecule has 124 valence electrons. The van der Waals surface area contributed by atoms with E-state index in [1.165, 1.54) is 31.2 Å². The highest BCUT2D eigenvalue weighted by Crippen LogP contribution is 2.34. The summed E-state index contributed by atoms with van der Waals surface area (Å²) in [5.74, 6) is 7.63. The third-order valence-electron chi connectivity index (χ3n) is 4.60. The molecule has 1 nitrogen and oxygen atoms in total. The first-order valence-electron chi connectivity index (χ1n) is 9.07. The van der Waals surface area contributed by atoms with E-state index in [4.69, 9.17) is 4.74 Å². The van der Waals surface area contributed by atoms with Crippen molar-refractivity contribution in [2.45, 2.75) is 64.4 Å². The SMILES string of the molecule is C=CCC(C)C#Cc1ccc(C2CCC(OCCC)CC2)cc1. The Morgan fingerprint density at radius 3 is 2.52 bits per heavy atom. The van der Waals surface area contributed by atoms with Gasteiger partial charge in [0.2, 0.25) is 0 Å². The quantitative estimate of drug-likeness (QED) is 0.483. The molecule has 1 unspecified atom stereocenters. The third kappa shape index (κ3) is 5.88. The molecule has 0 aliphatic heterocycles. The van der Waals surface area contributed by atoms with E-state index < -0.39 is 0 Å². The van der Waals surface area contributed by atoms with Gasteiger partial charge < -0.3 is 4.74 Å². The number of benzene rings is 1. The van der Waals surface area contributed by atoms with Crippen molar-refractivity contribution in [1.29, 1.82) is 0 Å². The molecule has 23 heavy (non-hydrogen) atoms. The molecule has 0 spiro atoms. The van der Waals surface area contributed by atoms with Gasteiger partial charge in [-0.1, -0.05) is 43.9 Å². The highest BCUT2D eigenvalue weighted by molar-refractivity contribution is 5.37. The lowest BCUT2D eigenvalue weighted by molar-refractivity contribution is 0.0251. The van der Waals surface area contributed by atoms with Crippen molar-refractivity contribution in [3.63, 3.8) is 0 Å². The Kier molecular flexibility index (Phi) is 7.43. The van der Waals surface area contributed by atoms with Gasteiger partial charge in [0.25, 0.3) is 0 Å². The van der Waals surface area contributed by atoms with Crippen molar-refractivity contribution in [2.75, 3.05) is 6.61 Å². The van der Waals surface area contributed by atoms with E-state index in [0.29, 0.717) is 17.9 Å². The molecule has 1 aliphatic carbocycles. The molecule has 0 saturated heterocycles. The summed E-state index contributed by atoms with van der Waals surface area (Å²) in [6.07, 6.45) is 9.38. The van der Waals surface area contributed by atoms with Crippen LogP contribution in [0.2, 0.25) is 0 Å². The standard InChI is InChI=1S/C22H30O/c1-4-6-18(3)7-8-19-9-11-20(12-10-19)21-13-15-22(16-14-21)23-17-5-2/h4,9-12,18,21-22H,1,5-6,13-17H2,2-3H3. The first-order chi connectivity index (χ1) is 11.2. The van der Waals surface area contributed by atoms with Crippen LogP contribution in [0.3, 0.4) is 0 Å². The third-order valence-corrected chi connectivity index (χ3v) is 4.60. The predicted octanol–water partition coefficient (Wildman–Crippen LogP) is 5.70. The van der Waals surface area contributed by atoms with Crippen molar-refractivity contribution in [3.05, 3.63) is 48.0 Å². The van der Waals surface area contributed by atoms with Gasteiger partial charge in [-0.05, 0) is 62.1 Å². The largest absolute Gasteiger partial charge is 0.378 e. The van der Waals surface area contributed by atoms with Crippen LogP contribution in [0.4, 0.5) is 0 Å². The highest BCUT2D eigenvalue weighted by Gasteiger charge is 2.22. The van der Waals surface area contributed by atoms with Crippen LogP contribution in [0, 0.1) is 17.8 Å². The van der Waals surface area contributed by atoms with E-state index in [1.54, 1.807) is 0 Å². The number of hydrogen-bond donors (Lipinski definition) is 0. The Labute approximate surface area is 142 Å². The normalized spacial score (nSPS) is 22.0. The Hall–Kier alpha value is -1.52. The lowest BCUT2D eigenvalue weighted by Crippen LogP contribution is -2.21. The summed E-state index contributed by atoms with van der Waals surface area (Å²) in [5.41, 5.74) is 2.58. The van der Waals surface area contributed by atoms with Gasteiger partial charge in [-0.3, -0.25) is 0 Å². The molecule has 1 heteroatoms. The average molecular weight is 310 g/mol. The minimum atomic E-state index is 0.380. The van der Waals surface area contributed by atoms with E-state index in [0.717, 1.165) is 25.0 Å². The first kappa shape index (κ1) is 17.8. The van der Waals surface area contributed by atoms with Crippen molar-refractivity contribution < 1.29 is 4.74 Å². The zero-order chi connectivity index (χ0) is 16.5. The molecular formula is C22H30O. The maximum absolute atomic E-state index is 5.88. The van der Waals surface area contributed by atoms with Gasteiger partial charge in [0.05, 0.1) is 6.10 Å². The second-order valence-corrected chi connectivity index (χ2v) is 6.66. The molecule has 1 atom stereocenters. The molecule has 1 saturated carbocycles. The molecule has 0 heterocycles. The van der Waals surface area contributed by atoms with Crippen LogP contribution < -0.4 is 0 Å². The van der Waals surface area contributed by atoms with Gasteiger partial charge in [-0.2, -0.15) is 0 Å². The maximum Gasteiger partial charge on any atom is 0.0575 e. The number of allylic oxidation sites excluding steroid dienone is 1. The molecule has 0 N–H and O–H groups in total. The summed E-state index contributed by atoms with van der Waals surface area (Å²) in [6, 6.07) is 8.87. The molecule has 1 aromatic carbocycles. The van der Waals surface area contributed by atoms with Crippen LogP contribution in [0.5, 0.6) is 0 Å². The van der Waals surface area contributed by atoms with E-state index in [2.05, 4.69) is 56.5 Å². The van der Waals surface area contributed by atoms with Crippen LogP contribution in [0.1, 0.15) is 69.4 Å². The van der Waals surface area contributed by atoms with Crippen LogP contribution >= 0.6 is 0 Å². The fourth-order valence-corrected chi connectivity index (χ4v) is 3.20. The molecular weight excluding hydrogens is 280 g/mol. The van der Waals surface area contributed by atoms with Crippen LogP contribution in [-0.2, 0) is 4.74 Å². The topological polar surface area (TPSA) is 9.23 Å². The second kappa shape index (κ2) is 9.58. The Bertz CT molecular complexity index is 523. The lowest BCUT2D eigenvalue weighted by Gasteiger charge is -2.28. The maximum atomic E-state index is 5.88. The molecule has 0 bridgehead atoms. The van der Waals surface area contributed by atoms with Crippen LogP contribution in [-0.4, -0.2) is 12.7 Å². The predicted molar refractivity (Wildman–Crippen MR) is 98.5 cm³/mol. The van der Waals surface area contributed by atoms with Crippen molar-refractivity contribution in [1.82, 2.24) is 0 Å². The van der Waals surface area contributed by atoms with E-state index in [9.17, 15) is 0 Å². The van der Waals surface area contributed by atoms with E-state index in [-0.39, 0.29) is 0 Å². The fourth-order valence-electron chi connectivity index (χ4n) is 3.20. The van der Waals surface area contributed by atoms with E-state index >= 15 is 0 Å². The summed E-state index contributed by atoms with van der Waals surface area (Å²) in [6.45, 7) is 8.99. The number of ether oxygens (including phenoxy) is 1. The first-order valence-corrected chi connectivity index (χ1v) is 9.07. The summed E-state index contributed by atoms with van der Waals surface area (Å²) < 4.78 is 5.88. The Morgan fingerprint density at radius 2 is 1.91 bits per heavy atom. The van der Waals surface area contributed by atoms with Crippen molar-refractivity contribution >= 4 is 0 Å². The van der Waals surface area contributed by atoms with Crippen LogP contribution in [0.25, 0.3) is 0 Å². The van der Waals surface area contributed by atoms with Gasteiger partial charge in [0.1, 0.15) is 0 Å². The minimum absolute atomic E-state index is 0.380. The monoisotopic (exact) mass is 310 g/mol. The lowest BCUT2D eigenvalue weighted by atomic mass is 9.82. The molecule has 2 rings (SSSR count).